The molecule has 3 rings (SSSR count). The van der Waals surface area contributed by atoms with Gasteiger partial charge < -0.3 is 10.6 Å². The van der Waals surface area contributed by atoms with E-state index in [0.29, 0.717) is 17.6 Å². The molecule has 1 fully saturated rings. The molecule has 0 aliphatic carbocycles. The van der Waals surface area contributed by atoms with Crippen LogP contribution in [-0.4, -0.2) is 45.4 Å². The molecule has 0 bridgehead atoms. The fraction of sp³-hybridized carbons (Fsp3) is 0.438. The second kappa shape index (κ2) is 6.35. The third-order valence-electron chi connectivity index (χ3n) is 4.53. The second-order valence-corrected chi connectivity index (χ2v) is 6.67. The quantitative estimate of drug-likeness (QED) is 0.840. The molecule has 1 aromatic carbocycles. The van der Waals surface area contributed by atoms with Crippen LogP contribution in [0.25, 0.3) is 5.69 Å². The van der Waals surface area contributed by atoms with E-state index in [-0.39, 0.29) is 24.2 Å². The Balaban J connectivity index is 2.02. The smallest absolute Gasteiger partial charge is 0.337 e. The number of alkyl halides is 3. The molecular weight excluding hydrogens is 354 g/mol. The van der Waals surface area contributed by atoms with Crippen molar-refractivity contribution in [3.8, 4) is 5.69 Å². The summed E-state index contributed by atoms with van der Waals surface area (Å²) in [6.07, 6.45) is -4.30. The number of nitrogens with two attached hydrogens (primary N) is 1. The molecule has 26 heavy (non-hydrogen) atoms. The monoisotopic (exact) mass is 371 g/mol. The summed E-state index contributed by atoms with van der Waals surface area (Å²) in [5, 5.41) is 6.91. The summed E-state index contributed by atoms with van der Waals surface area (Å²) in [5.41, 5.74) is 3.04. The van der Waals surface area contributed by atoms with E-state index >= 15 is 0 Å². The highest BCUT2D eigenvalue weighted by atomic mass is 19.4. The predicted molar refractivity (Wildman–Crippen MR) is 84.0 cm³/mol. The van der Waals surface area contributed by atoms with Crippen molar-refractivity contribution in [2.24, 2.45) is 11.1 Å². The van der Waals surface area contributed by atoms with Crippen LogP contribution in [0.3, 0.4) is 0 Å². The van der Waals surface area contributed by atoms with Gasteiger partial charge in [0.2, 0.25) is 0 Å². The molecule has 2 N–H and O–H groups in total. The zero-order valence-electron chi connectivity index (χ0n) is 13.9. The number of amides is 1. The summed E-state index contributed by atoms with van der Waals surface area (Å²) in [5.74, 6) is -1.59. The lowest BCUT2D eigenvalue weighted by molar-refractivity contribution is -0.143. The maximum atomic E-state index is 13.6. The minimum Gasteiger partial charge on any atom is -0.337 e. The number of benzene rings is 1. The van der Waals surface area contributed by atoms with E-state index in [0.717, 1.165) is 12.1 Å². The Morgan fingerprint density at radius 3 is 2.69 bits per heavy atom. The number of hydrogen-bond acceptors (Lipinski definition) is 4. The first kappa shape index (κ1) is 18.3. The van der Waals surface area contributed by atoms with Crippen LogP contribution in [0.5, 0.6) is 0 Å². The van der Waals surface area contributed by atoms with Crippen molar-refractivity contribution in [2.45, 2.75) is 19.5 Å². The Morgan fingerprint density at radius 2 is 2.12 bits per heavy atom. The predicted octanol–water partition coefficient (Wildman–Crippen LogP) is 2.24. The van der Waals surface area contributed by atoms with E-state index in [1.807, 2.05) is 6.92 Å². The molecule has 1 saturated heterocycles. The van der Waals surface area contributed by atoms with Crippen LogP contribution in [0.2, 0.25) is 0 Å². The number of rotatable bonds is 3. The summed E-state index contributed by atoms with van der Waals surface area (Å²) < 4.78 is 54.7. The van der Waals surface area contributed by atoms with Crippen LogP contribution in [-0.2, 0) is 6.18 Å². The lowest BCUT2D eigenvalue weighted by atomic mass is 9.90. The Kier molecular flexibility index (Phi) is 4.47. The third kappa shape index (κ3) is 3.28. The van der Waals surface area contributed by atoms with Crippen molar-refractivity contribution in [3.05, 3.63) is 41.5 Å². The van der Waals surface area contributed by atoms with Gasteiger partial charge in [-0.1, -0.05) is 18.2 Å². The number of likely N-dealkylation sites (tertiary alicyclic amines) is 1. The third-order valence-corrected chi connectivity index (χ3v) is 4.53. The SMILES string of the molecule is CC1(CN)CCN(C(=O)c2nnn(-c3cccc(F)c3)c2C(F)(F)F)C1. The van der Waals surface area contributed by atoms with Crippen LogP contribution in [0, 0.1) is 11.2 Å². The number of halogens is 4. The highest BCUT2D eigenvalue weighted by Gasteiger charge is 2.44. The fourth-order valence-electron chi connectivity index (χ4n) is 2.98. The maximum absolute atomic E-state index is 13.6. The summed E-state index contributed by atoms with van der Waals surface area (Å²) >= 11 is 0. The van der Waals surface area contributed by atoms with Crippen LogP contribution >= 0.6 is 0 Å². The largest absolute Gasteiger partial charge is 0.435 e. The normalized spacial score (nSPS) is 20.6. The molecule has 1 amide bonds. The van der Waals surface area contributed by atoms with Crippen LogP contribution in [0.1, 0.15) is 29.5 Å². The first-order valence-corrected chi connectivity index (χ1v) is 7.93. The van der Waals surface area contributed by atoms with Gasteiger partial charge in [-0.05, 0) is 36.6 Å². The van der Waals surface area contributed by atoms with Crippen LogP contribution in [0.15, 0.2) is 24.3 Å². The highest BCUT2D eigenvalue weighted by molar-refractivity contribution is 5.93. The number of nitrogens with zero attached hydrogens (tertiary/aromatic N) is 4. The molecule has 1 aliphatic heterocycles. The molecule has 1 aromatic heterocycles. The lowest BCUT2D eigenvalue weighted by Crippen LogP contribution is -2.35. The Morgan fingerprint density at radius 1 is 1.38 bits per heavy atom. The van der Waals surface area contributed by atoms with Crippen molar-refractivity contribution in [2.75, 3.05) is 19.6 Å². The van der Waals surface area contributed by atoms with Gasteiger partial charge in [-0.25, -0.2) is 9.07 Å². The molecule has 2 aromatic rings. The van der Waals surface area contributed by atoms with Gasteiger partial charge in [0, 0.05) is 13.1 Å². The van der Waals surface area contributed by atoms with Crippen molar-refractivity contribution < 1.29 is 22.4 Å². The van der Waals surface area contributed by atoms with Crippen LogP contribution in [0.4, 0.5) is 17.6 Å². The fourth-order valence-corrected chi connectivity index (χ4v) is 2.98. The van der Waals surface area contributed by atoms with Gasteiger partial charge in [0.25, 0.3) is 5.91 Å². The second-order valence-electron chi connectivity index (χ2n) is 6.67. The molecule has 140 valence electrons. The number of carbonyl (C=O) groups excluding carboxylic acids is 1. The zero-order valence-corrected chi connectivity index (χ0v) is 13.9. The van der Waals surface area contributed by atoms with E-state index < -0.39 is 29.3 Å². The van der Waals surface area contributed by atoms with Crippen molar-refractivity contribution in [1.29, 1.82) is 0 Å². The molecule has 0 radical (unpaired) electrons. The summed E-state index contributed by atoms with van der Waals surface area (Å²) in [4.78, 5) is 13.9. The van der Waals surface area contributed by atoms with Gasteiger partial charge in [0.1, 0.15) is 5.82 Å². The molecule has 0 saturated carbocycles. The summed E-state index contributed by atoms with van der Waals surface area (Å²) in [6, 6.07) is 4.49. The van der Waals surface area contributed by atoms with Gasteiger partial charge in [-0.3, -0.25) is 4.79 Å². The molecule has 6 nitrogen and oxygen atoms in total. The van der Waals surface area contributed by atoms with Crippen molar-refractivity contribution >= 4 is 5.91 Å². The standard InChI is InChI=1S/C16H17F4N5O/c1-15(8-21)5-6-24(9-15)14(26)12-13(16(18,19)20)25(23-22-12)11-4-2-3-10(17)7-11/h2-4,7H,5-6,8-9,21H2,1H3. The molecule has 1 aliphatic rings. The molecule has 10 heteroatoms. The Hall–Kier alpha value is -2.49. The maximum Gasteiger partial charge on any atom is 0.435 e. The number of hydrogen-bond donors (Lipinski definition) is 1. The van der Waals surface area contributed by atoms with E-state index in [1.54, 1.807) is 0 Å². The van der Waals surface area contributed by atoms with E-state index in [4.69, 9.17) is 5.73 Å². The minimum absolute atomic E-state index is 0.169. The van der Waals surface area contributed by atoms with Crippen LogP contribution < -0.4 is 5.73 Å². The molecular formula is C16H17F4N5O. The van der Waals surface area contributed by atoms with E-state index in [2.05, 4.69) is 10.3 Å². The zero-order chi connectivity index (χ0) is 19.1. The number of carbonyl (C=O) groups is 1. The highest BCUT2D eigenvalue weighted by Crippen LogP contribution is 2.35. The first-order valence-electron chi connectivity index (χ1n) is 7.93. The van der Waals surface area contributed by atoms with E-state index in [1.165, 1.54) is 17.0 Å². The Bertz CT molecular complexity index is 834. The summed E-state index contributed by atoms with van der Waals surface area (Å²) in [7, 11) is 0. The first-order chi connectivity index (χ1) is 12.1. The molecule has 1 atom stereocenters. The van der Waals surface area contributed by atoms with Crippen molar-refractivity contribution in [1.82, 2.24) is 19.9 Å². The van der Waals surface area contributed by atoms with Crippen molar-refractivity contribution in [3.63, 3.8) is 0 Å². The summed E-state index contributed by atoms with van der Waals surface area (Å²) in [6.45, 7) is 2.72. The Labute approximate surface area is 146 Å². The molecule has 2 heterocycles. The molecule has 0 spiro atoms. The topological polar surface area (TPSA) is 77.0 Å². The average Bonchev–Trinajstić information content (AvgIpc) is 3.19. The van der Waals surface area contributed by atoms with E-state index in [9.17, 15) is 22.4 Å². The van der Waals surface area contributed by atoms with Gasteiger partial charge in [0.15, 0.2) is 11.4 Å². The van der Waals surface area contributed by atoms with Gasteiger partial charge in [0.05, 0.1) is 5.69 Å². The minimum atomic E-state index is -4.89. The van der Waals surface area contributed by atoms with Gasteiger partial charge in [-0.2, -0.15) is 13.2 Å². The number of aromatic nitrogens is 3. The lowest BCUT2D eigenvalue weighted by Gasteiger charge is -2.22. The average molecular weight is 371 g/mol. The van der Waals surface area contributed by atoms with Gasteiger partial charge in [-0.15, -0.1) is 5.10 Å². The van der Waals surface area contributed by atoms with Gasteiger partial charge >= 0.3 is 6.18 Å². The molecule has 1 unspecified atom stereocenters.